The van der Waals surface area contributed by atoms with E-state index >= 15 is 0 Å². The van der Waals surface area contributed by atoms with Crippen molar-refractivity contribution in [3.63, 3.8) is 0 Å². The SMILES string of the molecule is O=C(O)CSc1nnc(NS(=O)(=O)c2cccc(Cl)c2)s1. The molecule has 0 aliphatic carbocycles. The molecule has 0 radical (unpaired) electrons. The molecule has 7 nitrogen and oxygen atoms in total. The number of aromatic nitrogens is 2. The summed E-state index contributed by atoms with van der Waals surface area (Å²) in [4.78, 5) is 10.4. The van der Waals surface area contributed by atoms with Crippen LogP contribution in [0.2, 0.25) is 5.02 Å². The molecule has 11 heteroatoms. The molecule has 0 spiro atoms. The second kappa shape index (κ2) is 6.60. The average Bonchev–Trinajstić information content (AvgIpc) is 2.83. The molecule has 2 N–H and O–H groups in total. The number of nitrogens with one attached hydrogen (secondary N) is 1. The minimum Gasteiger partial charge on any atom is -0.481 e. The van der Waals surface area contributed by atoms with Crippen LogP contribution in [0.15, 0.2) is 33.5 Å². The number of thioether (sulfide) groups is 1. The lowest BCUT2D eigenvalue weighted by Crippen LogP contribution is -2.12. The summed E-state index contributed by atoms with van der Waals surface area (Å²) < 4.78 is 26.8. The van der Waals surface area contributed by atoms with E-state index in [1.54, 1.807) is 6.07 Å². The summed E-state index contributed by atoms with van der Waals surface area (Å²) in [5, 5.41) is 16.3. The van der Waals surface area contributed by atoms with E-state index in [0.29, 0.717) is 9.36 Å². The van der Waals surface area contributed by atoms with E-state index in [-0.39, 0.29) is 15.8 Å². The van der Waals surface area contributed by atoms with Crippen molar-refractivity contribution in [3.05, 3.63) is 29.3 Å². The molecule has 0 aliphatic heterocycles. The highest BCUT2D eigenvalue weighted by molar-refractivity contribution is 8.01. The third-order valence-electron chi connectivity index (χ3n) is 2.05. The predicted octanol–water partition coefficient (Wildman–Crippen LogP) is 2.17. The molecule has 1 aromatic heterocycles. The maximum atomic E-state index is 12.1. The average molecular weight is 366 g/mol. The lowest BCUT2D eigenvalue weighted by atomic mass is 10.4. The fourth-order valence-corrected chi connectivity index (χ4v) is 4.24. The molecule has 0 fully saturated rings. The second-order valence-corrected chi connectivity index (χ2v) is 7.94. The Kier molecular flexibility index (Phi) is 5.04. The molecule has 2 rings (SSSR count). The van der Waals surface area contributed by atoms with Crippen LogP contribution in [-0.2, 0) is 14.8 Å². The van der Waals surface area contributed by atoms with Crippen LogP contribution in [0.4, 0.5) is 5.13 Å². The molecule has 0 aliphatic rings. The van der Waals surface area contributed by atoms with E-state index in [2.05, 4.69) is 14.9 Å². The zero-order valence-corrected chi connectivity index (χ0v) is 13.4. The number of halogens is 1. The molecule has 0 bridgehead atoms. The third-order valence-corrected chi connectivity index (χ3v) is 5.71. The van der Waals surface area contributed by atoms with Gasteiger partial charge in [-0.25, -0.2) is 8.42 Å². The number of carbonyl (C=O) groups is 1. The summed E-state index contributed by atoms with van der Waals surface area (Å²) in [6.07, 6.45) is 0. The Morgan fingerprint density at radius 3 is 2.86 bits per heavy atom. The molecule has 112 valence electrons. The van der Waals surface area contributed by atoms with Gasteiger partial charge in [0.1, 0.15) is 0 Å². The summed E-state index contributed by atoms with van der Waals surface area (Å²) in [7, 11) is -3.81. The van der Waals surface area contributed by atoms with Gasteiger partial charge in [-0.15, -0.1) is 10.2 Å². The lowest BCUT2D eigenvalue weighted by Gasteiger charge is -2.04. The quantitative estimate of drug-likeness (QED) is 0.755. The summed E-state index contributed by atoms with van der Waals surface area (Å²) >= 11 is 7.67. The first-order valence-corrected chi connectivity index (χ1v) is 8.99. The van der Waals surface area contributed by atoms with Gasteiger partial charge in [-0.1, -0.05) is 40.8 Å². The van der Waals surface area contributed by atoms with Crippen molar-refractivity contribution in [2.45, 2.75) is 9.24 Å². The molecule has 1 heterocycles. The molecule has 21 heavy (non-hydrogen) atoms. The molecule has 0 saturated heterocycles. The fraction of sp³-hybridized carbons (Fsp3) is 0.100. The van der Waals surface area contributed by atoms with Crippen molar-refractivity contribution in [1.82, 2.24) is 10.2 Å². The summed E-state index contributed by atoms with van der Waals surface area (Å²) in [6.45, 7) is 0. The van der Waals surface area contributed by atoms with Gasteiger partial charge >= 0.3 is 5.97 Å². The van der Waals surface area contributed by atoms with Crippen molar-refractivity contribution in [3.8, 4) is 0 Å². The number of hydrogen-bond donors (Lipinski definition) is 2. The number of aliphatic carboxylic acids is 1. The maximum Gasteiger partial charge on any atom is 0.313 e. The number of rotatable bonds is 6. The minimum absolute atomic E-state index is 0.00457. The number of anilines is 1. The molecule has 0 saturated carbocycles. The van der Waals surface area contributed by atoms with Gasteiger partial charge in [0.05, 0.1) is 10.6 Å². The molecule has 0 amide bonds. The zero-order valence-electron chi connectivity index (χ0n) is 10.2. The Balaban J connectivity index is 2.12. The standard InChI is InChI=1S/C10H8ClN3O4S3/c11-6-2-1-3-7(4-6)21(17,18)14-9-12-13-10(20-9)19-5-8(15)16/h1-4H,5H2,(H,12,14)(H,15,16). The molecular formula is C10H8ClN3O4S3. The van der Waals surface area contributed by atoms with E-state index < -0.39 is 16.0 Å². The van der Waals surface area contributed by atoms with Crippen molar-refractivity contribution in [1.29, 1.82) is 0 Å². The van der Waals surface area contributed by atoms with Crippen molar-refractivity contribution in [2.75, 3.05) is 10.5 Å². The first-order valence-electron chi connectivity index (χ1n) is 5.33. The maximum absolute atomic E-state index is 12.1. The van der Waals surface area contributed by atoms with Gasteiger partial charge in [0.2, 0.25) is 5.13 Å². The topological polar surface area (TPSA) is 109 Å². The first-order chi connectivity index (χ1) is 9.87. The van der Waals surface area contributed by atoms with Crippen LogP contribution in [0.3, 0.4) is 0 Å². The second-order valence-electron chi connectivity index (χ2n) is 3.62. The number of benzene rings is 1. The molecule has 0 atom stereocenters. The van der Waals surface area contributed by atoms with Crippen LogP contribution >= 0.6 is 34.7 Å². The number of hydrogen-bond acceptors (Lipinski definition) is 7. The van der Waals surface area contributed by atoms with Gasteiger partial charge in [0, 0.05) is 5.02 Å². The number of carboxylic acid groups (broad SMARTS) is 1. The zero-order chi connectivity index (χ0) is 15.5. The lowest BCUT2D eigenvalue weighted by molar-refractivity contribution is -0.133. The highest BCUT2D eigenvalue weighted by Crippen LogP contribution is 2.27. The minimum atomic E-state index is -3.81. The monoisotopic (exact) mass is 365 g/mol. The fourth-order valence-electron chi connectivity index (χ4n) is 1.24. The Morgan fingerprint density at radius 2 is 2.19 bits per heavy atom. The van der Waals surface area contributed by atoms with Crippen LogP contribution in [0.5, 0.6) is 0 Å². The van der Waals surface area contributed by atoms with Crippen LogP contribution in [-0.4, -0.2) is 35.4 Å². The smallest absolute Gasteiger partial charge is 0.313 e. The summed E-state index contributed by atoms with van der Waals surface area (Å²) in [5.41, 5.74) is 0. The predicted molar refractivity (Wildman–Crippen MR) is 80.5 cm³/mol. The van der Waals surface area contributed by atoms with Gasteiger partial charge in [-0.3, -0.25) is 9.52 Å². The Labute approximate surface area is 133 Å². The van der Waals surface area contributed by atoms with E-state index in [4.69, 9.17) is 16.7 Å². The number of nitrogens with zero attached hydrogens (tertiary/aromatic N) is 2. The highest BCUT2D eigenvalue weighted by Gasteiger charge is 2.17. The van der Waals surface area contributed by atoms with Gasteiger partial charge in [-0.2, -0.15) is 0 Å². The van der Waals surface area contributed by atoms with Crippen LogP contribution in [0.25, 0.3) is 0 Å². The highest BCUT2D eigenvalue weighted by atomic mass is 35.5. The van der Waals surface area contributed by atoms with Crippen LogP contribution in [0, 0.1) is 0 Å². The van der Waals surface area contributed by atoms with E-state index in [0.717, 1.165) is 23.1 Å². The normalized spacial score (nSPS) is 11.3. The van der Waals surface area contributed by atoms with E-state index in [9.17, 15) is 13.2 Å². The van der Waals surface area contributed by atoms with Crippen molar-refractivity contribution in [2.24, 2.45) is 0 Å². The Bertz CT molecular complexity index is 762. The number of carboxylic acids is 1. The molecule has 1 aromatic carbocycles. The van der Waals surface area contributed by atoms with Crippen LogP contribution < -0.4 is 4.72 Å². The van der Waals surface area contributed by atoms with Crippen LogP contribution in [0.1, 0.15) is 0 Å². The van der Waals surface area contributed by atoms with E-state index in [1.807, 2.05) is 0 Å². The van der Waals surface area contributed by atoms with Gasteiger partial charge in [0.15, 0.2) is 4.34 Å². The van der Waals surface area contributed by atoms with Gasteiger partial charge in [-0.05, 0) is 18.2 Å². The van der Waals surface area contributed by atoms with Gasteiger partial charge in [0.25, 0.3) is 10.0 Å². The largest absolute Gasteiger partial charge is 0.481 e. The summed E-state index contributed by atoms with van der Waals surface area (Å²) in [6, 6.07) is 5.79. The number of sulfonamides is 1. The first kappa shape index (κ1) is 16.0. The molecule has 0 unspecified atom stereocenters. The Hall–Kier alpha value is -1.36. The summed E-state index contributed by atoms with van der Waals surface area (Å²) in [5.74, 6) is -1.16. The van der Waals surface area contributed by atoms with E-state index in [1.165, 1.54) is 18.2 Å². The van der Waals surface area contributed by atoms with Crippen molar-refractivity contribution < 1.29 is 18.3 Å². The van der Waals surface area contributed by atoms with Gasteiger partial charge < -0.3 is 5.11 Å². The van der Waals surface area contributed by atoms with Crippen molar-refractivity contribution >= 4 is 55.8 Å². The molecular weight excluding hydrogens is 358 g/mol. The third kappa shape index (κ3) is 4.56. The Morgan fingerprint density at radius 1 is 1.43 bits per heavy atom. The molecule has 2 aromatic rings.